The Morgan fingerprint density at radius 2 is 1.83 bits per heavy atom. The summed E-state index contributed by atoms with van der Waals surface area (Å²) < 4.78 is 27.6. The summed E-state index contributed by atoms with van der Waals surface area (Å²) in [4.78, 5) is 14.8. The van der Waals surface area contributed by atoms with Gasteiger partial charge in [0.15, 0.2) is 5.65 Å². The lowest BCUT2D eigenvalue weighted by Gasteiger charge is -2.39. The average Bonchev–Trinajstić information content (AvgIpc) is 2.97. The zero-order valence-corrected chi connectivity index (χ0v) is 13.5. The van der Waals surface area contributed by atoms with Crippen LogP contribution in [0.1, 0.15) is 25.7 Å². The normalized spacial score (nSPS) is 20.1. The second-order valence-corrected chi connectivity index (χ2v) is 8.23. The van der Waals surface area contributed by atoms with E-state index in [1.165, 1.54) is 0 Å². The molecule has 2 aromatic rings. The Labute approximate surface area is 135 Å². The molecule has 1 saturated carbocycles. The van der Waals surface area contributed by atoms with E-state index in [9.17, 15) is 8.42 Å². The Morgan fingerprint density at radius 1 is 1.09 bits per heavy atom. The van der Waals surface area contributed by atoms with E-state index >= 15 is 0 Å². The maximum absolute atomic E-state index is 12.4. The molecule has 8 heteroatoms. The van der Waals surface area contributed by atoms with Crippen LogP contribution in [-0.4, -0.2) is 47.8 Å². The van der Waals surface area contributed by atoms with E-state index in [0.29, 0.717) is 18.7 Å². The predicted molar refractivity (Wildman–Crippen MR) is 87.6 cm³/mol. The highest BCUT2D eigenvalue weighted by Crippen LogP contribution is 2.25. The molecule has 3 heterocycles. The van der Waals surface area contributed by atoms with Gasteiger partial charge in [0.2, 0.25) is 10.0 Å². The van der Waals surface area contributed by atoms with Crippen molar-refractivity contribution in [3.63, 3.8) is 0 Å². The molecule has 1 saturated heterocycles. The number of aromatic nitrogens is 3. The molecular weight excluding hydrogens is 314 g/mol. The lowest BCUT2D eigenvalue weighted by molar-refractivity contribution is 0.509. The van der Waals surface area contributed by atoms with E-state index in [2.05, 4.69) is 19.7 Å². The van der Waals surface area contributed by atoms with Crippen LogP contribution in [0.4, 0.5) is 5.82 Å². The monoisotopic (exact) mass is 333 g/mol. The molecule has 0 amide bonds. The number of rotatable bonds is 4. The topological polar surface area (TPSA) is 88.1 Å². The first-order valence-electron chi connectivity index (χ1n) is 7.96. The van der Waals surface area contributed by atoms with Crippen LogP contribution in [0.2, 0.25) is 0 Å². The molecule has 1 aliphatic heterocycles. The first-order valence-corrected chi connectivity index (χ1v) is 9.50. The van der Waals surface area contributed by atoms with Gasteiger partial charge in [-0.05, 0) is 25.0 Å². The summed E-state index contributed by atoms with van der Waals surface area (Å²) in [6.45, 7) is 0.946. The standard InChI is InChI=1S/C15H19N5O2S/c21-23(22,19-11-3-1-2-4-11)12-9-20(10-12)14-6-5-13-15(18-14)17-8-7-16-13/h5-8,11-12,19H,1-4,9-10H2. The van der Waals surface area contributed by atoms with Crippen molar-refractivity contribution in [2.24, 2.45) is 0 Å². The second kappa shape index (κ2) is 5.68. The van der Waals surface area contributed by atoms with E-state index in [4.69, 9.17) is 0 Å². The molecule has 2 fully saturated rings. The van der Waals surface area contributed by atoms with Crippen molar-refractivity contribution in [3.05, 3.63) is 24.5 Å². The summed E-state index contributed by atoms with van der Waals surface area (Å²) in [5.74, 6) is 0.755. The third kappa shape index (κ3) is 2.88. The minimum absolute atomic E-state index is 0.128. The molecule has 0 atom stereocenters. The molecule has 23 heavy (non-hydrogen) atoms. The molecule has 0 aromatic carbocycles. The van der Waals surface area contributed by atoms with Crippen LogP contribution in [0.3, 0.4) is 0 Å². The highest BCUT2D eigenvalue weighted by atomic mass is 32.2. The van der Waals surface area contributed by atoms with Crippen LogP contribution in [0.15, 0.2) is 24.5 Å². The van der Waals surface area contributed by atoms with Gasteiger partial charge in [0.25, 0.3) is 0 Å². The number of hydrogen-bond acceptors (Lipinski definition) is 6. The van der Waals surface area contributed by atoms with Crippen LogP contribution >= 0.6 is 0 Å². The number of anilines is 1. The highest BCUT2D eigenvalue weighted by Gasteiger charge is 2.39. The van der Waals surface area contributed by atoms with Crippen LogP contribution in [-0.2, 0) is 10.0 Å². The molecular formula is C15H19N5O2S. The van der Waals surface area contributed by atoms with Gasteiger partial charge in [0.1, 0.15) is 16.6 Å². The Bertz CT molecular complexity index is 813. The second-order valence-electron chi connectivity index (χ2n) is 6.24. The van der Waals surface area contributed by atoms with Crippen LogP contribution in [0.25, 0.3) is 11.2 Å². The van der Waals surface area contributed by atoms with Gasteiger partial charge in [-0.1, -0.05) is 12.8 Å². The number of sulfonamides is 1. The third-order valence-electron chi connectivity index (χ3n) is 4.61. The predicted octanol–water partition coefficient (Wildman–Crippen LogP) is 1.08. The fraction of sp³-hybridized carbons (Fsp3) is 0.533. The van der Waals surface area contributed by atoms with Gasteiger partial charge in [-0.15, -0.1) is 0 Å². The van der Waals surface area contributed by atoms with Gasteiger partial charge in [0, 0.05) is 31.5 Å². The molecule has 0 unspecified atom stereocenters. The molecule has 2 aromatic heterocycles. The summed E-state index contributed by atoms with van der Waals surface area (Å²) in [5.41, 5.74) is 1.32. The maximum atomic E-state index is 12.4. The third-order valence-corrected chi connectivity index (χ3v) is 6.45. The lowest BCUT2D eigenvalue weighted by atomic mass is 10.2. The van der Waals surface area contributed by atoms with Crippen LogP contribution in [0, 0.1) is 0 Å². The Morgan fingerprint density at radius 3 is 2.61 bits per heavy atom. The quantitative estimate of drug-likeness (QED) is 0.900. The van der Waals surface area contributed by atoms with Crippen molar-refractivity contribution < 1.29 is 8.42 Å². The first-order chi connectivity index (χ1) is 11.1. The zero-order valence-electron chi connectivity index (χ0n) is 12.7. The zero-order chi connectivity index (χ0) is 15.9. The summed E-state index contributed by atoms with van der Waals surface area (Å²) in [5, 5.41) is -0.359. The van der Waals surface area contributed by atoms with Crippen molar-refractivity contribution in [3.8, 4) is 0 Å². The van der Waals surface area contributed by atoms with E-state index < -0.39 is 10.0 Å². The van der Waals surface area contributed by atoms with Gasteiger partial charge in [-0.3, -0.25) is 4.98 Å². The first kappa shape index (κ1) is 14.8. The summed E-state index contributed by atoms with van der Waals surface area (Å²) in [6, 6.07) is 3.86. The molecule has 4 rings (SSSR count). The number of fused-ring (bicyclic) bond motifs is 1. The maximum Gasteiger partial charge on any atom is 0.218 e. The largest absolute Gasteiger partial charge is 0.354 e. The van der Waals surface area contributed by atoms with Gasteiger partial charge in [0.05, 0.1) is 0 Å². The van der Waals surface area contributed by atoms with E-state index in [1.54, 1.807) is 12.4 Å². The molecule has 0 spiro atoms. The molecule has 1 N–H and O–H groups in total. The van der Waals surface area contributed by atoms with E-state index in [1.807, 2.05) is 17.0 Å². The fourth-order valence-corrected chi connectivity index (χ4v) is 4.86. The molecule has 0 radical (unpaired) electrons. The summed E-state index contributed by atoms with van der Waals surface area (Å²) in [6.07, 6.45) is 7.39. The molecule has 1 aliphatic carbocycles. The number of nitrogens with zero attached hydrogens (tertiary/aromatic N) is 4. The van der Waals surface area contributed by atoms with Crippen molar-refractivity contribution in [1.29, 1.82) is 0 Å². The van der Waals surface area contributed by atoms with E-state index in [-0.39, 0.29) is 11.3 Å². The van der Waals surface area contributed by atoms with Gasteiger partial charge in [-0.2, -0.15) is 0 Å². The van der Waals surface area contributed by atoms with Crippen LogP contribution in [0.5, 0.6) is 0 Å². The highest BCUT2D eigenvalue weighted by molar-refractivity contribution is 7.90. The SMILES string of the molecule is O=S(=O)(NC1CCCC1)C1CN(c2ccc3nccnc3n2)C1. The Balaban J connectivity index is 1.43. The van der Waals surface area contributed by atoms with E-state index in [0.717, 1.165) is 37.0 Å². The van der Waals surface area contributed by atoms with Crippen molar-refractivity contribution in [2.75, 3.05) is 18.0 Å². The number of hydrogen-bond donors (Lipinski definition) is 1. The Hall–Kier alpha value is -1.80. The van der Waals surface area contributed by atoms with Crippen molar-refractivity contribution in [1.82, 2.24) is 19.7 Å². The van der Waals surface area contributed by atoms with Gasteiger partial charge in [-0.25, -0.2) is 23.1 Å². The number of nitrogens with one attached hydrogen (secondary N) is 1. The lowest BCUT2D eigenvalue weighted by Crippen LogP contribution is -2.58. The number of pyridine rings is 1. The summed E-state index contributed by atoms with van der Waals surface area (Å²) in [7, 11) is -3.24. The minimum atomic E-state index is -3.24. The van der Waals surface area contributed by atoms with Gasteiger partial charge >= 0.3 is 0 Å². The smallest absolute Gasteiger partial charge is 0.218 e. The summed E-state index contributed by atoms with van der Waals surface area (Å²) >= 11 is 0. The Kier molecular flexibility index (Phi) is 3.65. The van der Waals surface area contributed by atoms with Crippen LogP contribution < -0.4 is 9.62 Å². The van der Waals surface area contributed by atoms with Crippen molar-refractivity contribution >= 4 is 27.0 Å². The minimum Gasteiger partial charge on any atom is -0.354 e. The molecule has 2 aliphatic rings. The van der Waals surface area contributed by atoms with Gasteiger partial charge < -0.3 is 4.90 Å². The molecule has 122 valence electrons. The molecule has 7 nitrogen and oxygen atoms in total. The fourth-order valence-electron chi connectivity index (χ4n) is 3.21. The molecule has 0 bridgehead atoms. The average molecular weight is 333 g/mol. The van der Waals surface area contributed by atoms with Crippen molar-refractivity contribution in [2.45, 2.75) is 37.0 Å².